The van der Waals surface area contributed by atoms with Crippen LogP contribution in [0.25, 0.3) is 11.1 Å². The number of benzene rings is 2. The molecule has 2 aromatic rings. The first-order valence-electron chi connectivity index (χ1n) is 7.67. The fourth-order valence-electron chi connectivity index (χ4n) is 3.22. The average Bonchev–Trinajstić information content (AvgIpc) is 2.86. The summed E-state index contributed by atoms with van der Waals surface area (Å²) in [6.07, 6.45) is 6.00. The van der Waals surface area contributed by atoms with Crippen molar-refractivity contribution >= 4 is 12.6 Å². The van der Waals surface area contributed by atoms with Gasteiger partial charge in [0.15, 0.2) is 0 Å². The number of fused-ring (bicyclic) bond motifs is 3. The summed E-state index contributed by atoms with van der Waals surface area (Å²) in [7, 11) is 0. The van der Waals surface area contributed by atoms with Crippen molar-refractivity contribution in [1.29, 1.82) is 0 Å². The van der Waals surface area contributed by atoms with Gasteiger partial charge >= 0.3 is 0 Å². The highest BCUT2D eigenvalue weighted by Gasteiger charge is 2.22. The third kappa shape index (κ3) is 2.52. The molecule has 0 N–H and O–H groups in total. The molecule has 0 nitrogen and oxygen atoms in total. The van der Waals surface area contributed by atoms with Gasteiger partial charge in [-0.1, -0.05) is 81.3 Å². The first-order chi connectivity index (χ1) is 9.81. The first-order valence-corrected chi connectivity index (χ1v) is 8.14. The maximum atomic E-state index is 5.77. The van der Waals surface area contributed by atoms with E-state index in [9.17, 15) is 0 Å². The predicted octanol–water partition coefficient (Wildman–Crippen LogP) is 6.08. The summed E-state index contributed by atoms with van der Waals surface area (Å²) in [4.78, 5) is 0. The summed E-state index contributed by atoms with van der Waals surface area (Å²) in [6.45, 7) is 2.25. The van der Waals surface area contributed by atoms with E-state index < -0.39 is 0 Å². The zero-order valence-electron chi connectivity index (χ0n) is 12.1. The van der Waals surface area contributed by atoms with E-state index in [1.54, 1.807) is 0 Å². The summed E-state index contributed by atoms with van der Waals surface area (Å²) >= 11 is 5.77. The van der Waals surface area contributed by atoms with Crippen LogP contribution < -0.4 is 0 Å². The molecule has 1 heteroatoms. The summed E-state index contributed by atoms with van der Waals surface area (Å²) < 4.78 is 0. The van der Waals surface area contributed by atoms with Crippen LogP contribution in [0.15, 0.2) is 42.5 Å². The third-order valence-electron chi connectivity index (χ3n) is 4.30. The Morgan fingerprint density at radius 3 is 2.65 bits per heavy atom. The van der Waals surface area contributed by atoms with Crippen molar-refractivity contribution < 1.29 is 0 Å². The molecule has 0 aliphatic heterocycles. The molecule has 0 aromatic heterocycles. The lowest BCUT2D eigenvalue weighted by Crippen LogP contribution is -1.97. The van der Waals surface area contributed by atoms with Crippen LogP contribution in [-0.2, 0) is 6.42 Å². The van der Waals surface area contributed by atoms with E-state index >= 15 is 0 Å². The Kier molecular flexibility index (Phi) is 4.16. The van der Waals surface area contributed by atoms with Crippen molar-refractivity contribution in [2.45, 2.75) is 44.3 Å². The molecule has 0 spiro atoms. The molecule has 0 heterocycles. The highest BCUT2D eigenvalue weighted by molar-refractivity contribution is 7.80. The minimum absolute atomic E-state index is 0.269. The van der Waals surface area contributed by atoms with Crippen molar-refractivity contribution in [3.8, 4) is 11.1 Å². The zero-order valence-corrected chi connectivity index (χ0v) is 12.9. The van der Waals surface area contributed by atoms with Gasteiger partial charge in [0.25, 0.3) is 0 Å². The number of rotatable bonds is 5. The second-order valence-electron chi connectivity index (χ2n) is 5.69. The molecule has 1 aliphatic rings. The fraction of sp³-hybridized carbons (Fsp3) is 0.368. The first kappa shape index (κ1) is 13.8. The second kappa shape index (κ2) is 6.05. The van der Waals surface area contributed by atoms with Crippen LogP contribution in [0.1, 0.15) is 54.5 Å². The Morgan fingerprint density at radius 1 is 1.00 bits per heavy atom. The van der Waals surface area contributed by atoms with E-state index in [0.29, 0.717) is 0 Å². The van der Waals surface area contributed by atoms with Crippen LogP contribution >= 0.6 is 12.6 Å². The maximum absolute atomic E-state index is 5.77. The van der Waals surface area contributed by atoms with Crippen molar-refractivity contribution in [2.75, 3.05) is 0 Å². The van der Waals surface area contributed by atoms with E-state index in [-0.39, 0.29) is 5.25 Å². The Morgan fingerprint density at radius 2 is 1.80 bits per heavy atom. The van der Waals surface area contributed by atoms with Crippen molar-refractivity contribution in [3.63, 3.8) is 0 Å². The molecule has 20 heavy (non-hydrogen) atoms. The lowest BCUT2D eigenvalue weighted by Gasteiger charge is -2.14. The number of hydrogen-bond donors (Lipinski definition) is 0. The molecule has 0 fully saturated rings. The zero-order chi connectivity index (χ0) is 13.9. The monoisotopic (exact) mass is 281 g/mol. The molecule has 1 unspecified atom stereocenters. The maximum Gasteiger partial charge on any atom is 0.0404 e. The smallest absolute Gasteiger partial charge is 0.0404 e. The molecule has 0 saturated carbocycles. The topological polar surface area (TPSA) is 0 Å². The van der Waals surface area contributed by atoms with E-state index in [1.807, 2.05) is 0 Å². The van der Waals surface area contributed by atoms with Crippen molar-refractivity contribution in [2.24, 2.45) is 0 Å². The van der Waals surface area contributed by atoms with Crippen LogP contribution in [0.4, 0.5) is 0 Å². The minimum Gasteiger partial charge on any atom is -0.0853 e. The molecule has 1 aliphatic carbocycles. The lowest BCUT2D eigenvalue weighted by molar-refractivity contribution is 0.659. The Bertz CT molecular complexity index is 600. The second-order valence-corrected chi connectivity index (χ2v) is 6.26. The normalized spacial score (nSPS) is 13.9. The molecular weight excluding hydrogens is 260 g/mol. The molecule has 2 aromatic carbocycles. The van der Waals surface area contributed by atoms with Crippen LogP contribution in [0.5, 0.6) is 0 Å². The van der Waals surface area contributed by atoms with Gasteiger partial charge in [0.05, 0.1) is 0 Å². The van der Waals surface area contributed by atoms with Crippen molar-refractivity contribution in [1.82, 2.24) is 0 Å². The summed E-state index contributed by atoms with van der Waals surface area (Å²) in [5.74, 6) is 0. The van der Waals surface area contributed by atoms with E-state index in [0.717, 1.165) is 12.8 Å². The highest BCUT2D eigenvalue weighted by Crippen LogP contribution is 2.41. The average molecular weight is 281 g/mol. The van der Waals surface area contributed by atoms with E-state index in [4.69, 9.17) is 12.6 Å². The van der Waals surface area contributed by atoms with Gasteiger partial charge in [-0.25, -0.2) is 0 Å². The van der Waals surface area contributed by atoms with E-state index in [1.165, 1.54) is 47.1 Å². The quantitative estimate of drug-likeness (QED) is 0.497. The highest BCUT2D eigenvalue weighted by atomic mass is 32.1. The van der Waals surface area contributed by atoms with Crippen LogP contribution in [-0.4, -0.2) is 0 Å². The third-order valence-corrected chi connectivity index (χ3v) is 4.79. The number of unbranched alkanes of at least 4 members (excludes halogenated alkanes) is 2. The number of hydrogen-bond acceptors (Lipinski definition) is 0. The molecular formula is C19H21S. The molecule has 103 valence electrons. The Balaban J connectivity index is 1.89. The van der Waals surface area contributed by atoms with Crippen LogP contribution in [0.2, 0.25) is 0 Å². The molecule has 1 atom stereocenters. The fourth-order valence-corrected chi connectivity index (χ4v) is 3.61. The molecule has 3 rings (SSSR count). The van der Waals surface area contributed by atoms with Crippen LogP contribution in [0.3, 0.4) is 0 Å². The summed E-state index contributed by atoms with van der Waals surface area (Å²) in [5, 5.41) is 0.269. The lowest BCUT2D eigenvalue weighted by atomic mass is 9.96. The van der Waals surface area contributed by atoms with Gasteiger partial charge < -0.3 is 0 Å². The van der Waals surface area contributed by atoms with Crippen molar-refractivity contribution in [3.05, 3.63) is 59.2 Å². The van der Waals surface area contributed by atoms with Gasteiger partial charge in [0.1, 0.15) is 0 Å². The Labute approximate surface area is 127 Å². The van der Waals surface area contributed by atoms with E-state index in [2.05, 4.69) is 49.4 Å². The standard InChI is InChI=1S/C19H21S/c1-2-3-4-12-19(20)17-11-7-10-16-15-9-6-5-8-14(15)13-18(16)17/h5-11,19H,2-4,12-13H2,1H3. The van der Waals surface area contributed by atoms with Gasteiger partial charge in [-0.15, -0.1) is 0 Å². The van der Waals surface area contributed by atoms with Gasteiger partial charge in [0.2, 0.25) is 0 Å². The molecule has 0 amide bonds. The van der Waals surface area contributed by atoms with Gasteiger partial charge in [0, 0.05) is 5.25 Å². The molecule has 0 bridgehead atoms. The molecule has 1 radical (unpaired) electrons. The summed E-state index contributed by atoms with van der Waals surface area (Å²) in [5.41, 5.74) is 7.13. The predicted molar refractivity (Wildman–Crippen MR) is 89.2 cm³/mol. The molecule has 0 saturated heterocycles. The minimum atomic E-state index is 0.269. The van der Waals surface area contributed by atoms with Gasteiger partial charge in [-0.3, -0.25) is 0 Å². The largest absolute Gasteiger partial charge is 0.0853 e. The van der Waals surface area contributed by atoms with Gasteiger partial charge in [-0.05, 0) is 40.7 Å². The summed E-state index contributed by atoms with van der Waals surface area (Å²) in [6, 6.07) is 15.4. The van der Waals surface area contributed by atoms with Gasteiger partial charge in [-0.2, -0.15) is 0 Å². The van der Waals surface area contributed by atoms with Crippen LogP contribution in [0, 0.1) is 0 Å². The SMILES string of the molecule is CCCCCC([S])c1cccc2c1Cc1ccccc1-2. The Hall–Kier alpha value is -1.21.